The van der Waals surface area contributed by atoms with Crippen molar-refractivity contribution in [2.45, 2.75) is 13.1 Å². The number of guanidine groups is 1. The van der Waals surface area contributed by atoms with Crippen molar-refractivity contribution in [1.82, 2.24) is 9.97 Å². The number of aromatic amines is 1. The Balaban J connectivity index is 2.28. The first-order chi connectivity index (χ1) is 10.6. The molecule has 122 valence electrons. The van der Waals surface area contributed by atoms with Gasteiger partial charge in [-0.15, -0.1) is 0 Å². The normalized spacial score (nSPS) is 12.3. The summed E-state index contributed by atoms with van der Waals surface area (Å²) < 4.78 is 38.3. The summed E-state index contributed by atoms with van der Waals surface area (Å²) in [6, 6.07) is 4.47. The van der Waals surface area contributed by atoms with E-state index in [9.17, 15) is 18.0 Å². The van der Waals surface area contributed by atoms with Crippen LogP contribution in [0.3, 0.4) is 0 Å². The van der Waals surface area contributed by atoms with E-state index in [1.54, 1.807) is 6.92 Å². The molecule has 1 aromatic carbocycles. The standard InChI is InChI=1S/C13H11ClF3N5O/c1-6-4-10(23)21-12(19-6)22-11(18)20-7-2-3-9(14)8(5-7)13(15,16)17/h2-5H,1H3,(H4,18,19,20,21,22,23). The number of rotatable bonds is 2. The molecular weight excluding hydrogens is 335 g/mol. The summed E-state index contributed by atoms with van der Waals surface area (Å²) in [6.07, 6.45) is -4.59. The third-order valence-electron chi connectivity index (χ3n) is 2.63. The third kappa shape index (κ3) is 4.46. The van der Waals surface area contributed by atoms with Crippen molar-refractivity contribution in [2.75, 3.05) is 5.32 Å². The van der Waals surface area contributed by atoms with E-state index in [4.69, 9.17) is 17.3 Å². The van der Waals surface area contributed by atoms with Crippen LogP contribution < -0.4 is 16.6 Å². The number of hydrogen-bond acceptors (Lipinski definition) is 3. The summed E-state index contributed by atoms with van der Waals surface area (Å²) in [6.45, 7) is 1.59. The van der Waals surface area contributed by atoms with Crippen LogP contribution in [-0.2, 0) is 6.18 Å². The topological polar surface area (TPSA) is 96.2 Å². The minimum atomic E-state index is -4.59. The molecule has 0 radical (unpaired) electrons. The summed E-state index contributed by atoms with van der Waals surface area (Å²) in [7, 11) is 0. The van der Waals surface area contributed by atoms with Crippen molar-refractivity contribution in [3.8, 4) is 0 Å². The number of H-pyrrole nitrogens is 1. The molecular formula is C13H11ClF3N5O. The van der Waals surface area contributed by atoms with Gasteiger partial charge in [0.25, 0.3) is 5.56 Å². The van der Waals surface area contributed by atoms with Gasteiger partial charge in [0, 0.05) is 17.4 Å². The van der Waals surface area contributed by atoms with Gasteiger partial charge >= 0.3 is 6.18 Å². The summed E-state index contributed by atoms with van der Waals surface area (Å²) in [5.74, 6) is -0.306. The molecule has 1 aromatic heterocycles. The second-order valence-electron chi connectivity index (χ2n) is 4.52. The van der Waals surface area contributed by atoms with Crippen molar-refractivity contribution in [2.24, 2.45) is 10.7 Å². The molecule has 2 rings (SSSR count). The molecule has 2 aromatic rings. The predicted octanol–water partition coefficient (Wildman–Crippen LogP) is 2.81. The zero-order valence-electron chi connectivity index (χ0n) is 11.7. The largest absolute Gasteiger partial charge is 0.417 e. The number of aromatic nitrogens is 2. The number of anilines is 1. The Morgan fingerprint density at radius 1 is 1.39 bits per heavy atom. The minimum Gasteiger partial charge on any atom is -0.369 e. The first kappa shape index (κ1) is 16.8. The Hall–Kier alpha value is -2.55. The number of halogens is 4. The van der Waals surface area contributed by atoms with E-state index < -0.39 is 22.3 Å². The molecule has 6 nitrogen and oxygen atoms in total. The maximum atomic E-state index is 12.8. The van der Waals surface area contributed by atoms with Crippen LogP contribution in [0.15, 0.2) is 34.1 Å². The minimum absolute atomic E-state index is 0.0398. The van der Waals surface area contributed by atoms with Crippen LogP contribution >= 0.6 is 11.6 Å². The van der Waals surface area contributed by atoms with Crippen LogP contribution in [0.4, 0.5) is 24.8 Å². The summed E-state index contributed by atoms with van der Waals surface area (Å²) in [5.41, 5.74) is 4.64. The van der Waals surface area contributed by atoms with Crippen molar-refractivity contribution in [1.29, 1.82) is 0 Å². The number of benzene rings is 1. The highest BCUT2D eigenvalue weighted by Crippen LogP contribution is 2.36. The first-order valence-electron chi connectivity index (χ1n) is 6.21. The summed E-state index contributed by atoms with van der Waals surface area (Å²) in [5, 5.41) is 2.05. The average Bonchev–Trinajstić information content (AvgIpc) is 2.38. The van der Waals surface area contributed by atoms with Crippen LogP contribution in [0.1, 0.15) is 11.3 Å². The van der Waals surface area contributed by atoms with Crippen molar-refractivity contribution >= 4 is 29.2 Å². The molecule has 0 aliphatic heterocycles. The van der Waals surface area contributed by atoms with Gasteiger partial charge in [-0.1, -0.05) is 11.6 Å². The molecule has 0 amide bonds. The molecule has 0 aliphatic rings. The predicted molar refractivity (Wildman–Crippen MR) is 81.0 cm³/mol. The van der Waals surface area contributed by atoms with Crippen molar-refractivity contribution in [3.63, 3.8) is 0 Å². The quantitative estimate of drug-likeness (QED) is 0.576. The Morgan fingerprint density at radius 2 is 2.09 bits per heavy atom. The number of aryl methyl sites for hydroxylation is 1. The van der Waals surface area contributed by atoms with Crippen LogP contribution in [-0.4, -0.2) is 15.9 Å². The Kier molecular flexibility index (Phi) is 4.60. The van der Waals surface area contributed by atoms with Crippen LogP contribution in [0.5, 0.6) is 0 Å². The molecule has 0 saturated carbocycles. The number of aliphatic imine (C=N–C) groups is 1. The molecule has 23 heavy (non-hydrogen) atoms. The fourth-order valence-electron chi connectivity index (χ4n) is 1.73. The van der Waals surface area contributed by atoms with Gasteiger partial charge in [0.1, 0.15) is 0 Å². The van der Waals surface area contributed by atoms with Gasteiger partial charge in [-0.05, 0) is 25.1 Å². The highest BCUT2D eigenvalue weighted by molar-refractivity contribution is 6.31. The molecule has 0 atom stereocenters. The van der Waals surface area contributed by atoms with E-state index in [0.717, 1.165) is 12.1 Å². The first-order valence-corrected chi connectivity index (χ1v) is 6.59. The van der Waals surface area contributed by atoms with Gasteiger partial charge in [0.2, 0.25) is 11.9 Å². The number of alkyl halides is 3. The Labute approximate surface area is 133 Å². The lowest BCUT2D eigenvalue weighted by atomic mass is 10.2. The zero-order chi connectivity index (χ0) is 17.2. The molecule has 0 fully saturated rings. The SMILES string of the molecule is Cc1cc(=O)[nH]c(/N=C(\N)Nc2ccc(Cl)c(C(F)(F)F)c2)n1. The number of nitrogens with zero attached hydrogens (tertiary/aromatic N) is 2. The molecule has 4 N–H and O–H groups in total. The van der Waals surface area contributed by atoms with E-state index in [-0.39, 0.29) is 17.6 Å². The van der Waals surface area contributed by atoms with Gasteiger partial charge in [0.15, 0.2) is 0 Å². The second-order valence-corrected chi connectivity index (χ2v) is 4.93. The number of hydrogen-bond donors (Lipinski definition) is 3. The summed E-state index contributed by atoms with van der Waals surface area (Å²) >= 11 is 5.52. The van der Waals surface area contributed by atoms with Crippen LogP contribution in [0, 0.1) is 6.92 Å². The van der Waals surface area contributed by atoms with Crippen molar-refractivity contribution < 1.29 is 13.2 Å². The number of nitrogens with two attached hydrogens (primary N) is 1. The van der Waals surface area contributed by atoms with E-state index in [0.29, 0.717) is 5.69 Å². The maximum absolute atomic E-state index is 12.8. The zero-order valence-corrected chi connectivity index (χ0v) is 12.5. The van der Waals surface area contributed by atoms with Gasteiger partial charge in [-0.25, -0.2) is 4.98 Å². The molecule has 0 saturated heterocycles. The monoisotopic (exact) mass is 345 g/mol. The van der Waals surface area contributed by atoms with Crippen LogP contribution in [0.2, 0.25) is 5.02 Å². The molecule has 0 aliphatic carbocycles. The van der Waals surface area contributed by atoms with E-state index in [2.05, 4.69) is 20.3 Å². The fraction of sp³-hybridized carbons (Fsp3) is 0.154. The fourth-order valence-corrected chi connectivity index (χ4v) is 1.95. The van der Waals surface area contributed by atoms with E-state index >= 15 is 0 Å². The molecule has 0 unspecified atom stereocenters. The maximum Gasteiger partial charge on any atom is 0.417 e. The highest BCUT2D eigenvalue weighted by atomic mass is 35.5. The van der Waals surface area contributed by atoms with Gasteiger partial charge in [-0.2, -0.15) is 18.2 Å². The van der Waals surface area contributed by atoms with E-state index in [1.165, 1.54) is 12.1 Å². The molecule has 0 spiro atoms. The van der Waals surface area contributed by atoms with Gasteiger partial charge in [-0.3, -0.25) is 9.78 Å². The molecule has 1 heterocycles. The van der Waals surface area contributed by atoms with E-state index in [1.807, 2.05) is 0 Å². The average molecular weight is 346 g/mol. The third-order valence-corrected chi connectivity index (χ3v) is 2.96. The van der Waals surface area contributed by atoms with Crippen molar-refractivity contribution in [3.05, 3.63) is 50.9 Å². The second kappa shape index (κ2) is 6.29. The highest BCUT2D eigenvalue weighted by Gasteiger charge is 2.33. The van der Waals surface area contributed by atoms with Gasteiger partial charge < -0.3 is 11.1 Å². The Bertz CT molecular complexity index is 816. The summed E-state index contributed by atoms with van der Waals surface area (Å²) in [4.78, 5) is 21.3. The Morgan fingerprint density at radius 3 is 2.70 bits per heavy atom. The van der Waals surface area contributed by atoms with Crippen LogP contribution in [0.25, 0.3) is 0 Å². The lowest BCUT2D eigenvalue weighted by Crippen LogP contribution is -2.23. The lowest BCUT2D eigenvalue weighted by molar-refractivity contribution is -0.137. The van der Waals surface area contributed by atoms with Gasteiger partial charge in [0.05, 0.1) is 10.6 Å². The lowest BCUT2D eigenvalue weighted by Gasteiger charge is -2.12. The molecule has 10 heteroatoms. The molecule has 0 bridgehead atoms. The smallest absolute Gasteiger partial charge is 0.369 e. The number of nitrogens with one attached hydrogen (secondary N) is 2.